The number of rotatable bonds is 7. The molecule has 0 aliphatic rings. The van der Waals surface area contributed by atoms with E-state index in [0.717, 1.165) is 12.0 Å². The van der Waals surface area contributed by atoms with Gasteiger partial charge in [-0.2, -0.15) is 0 Å². The molecule has 0 heterocycles. The average Bonchev–Trinajstić information content (AvgIpc) is 2.56. The van der Waals surface area contributed by atoms with Crippen LogP contribution >= 0.6 is 0 Å². The summed E-state index contributed by atoms with van der Waals surface area (Å²) < 4.78 is 26.6. The van der Waals surface area contributed by atoms with Crippen molar-refractivity contribution in [3.63, 3.8) is 0 Å². The van der Waals surface area contributed by atoms with Crippen molar-refractivity contribution < 1.29 is 8.42 Å². The molecule has 116 valence electrons. The summed E-state index contributed by atoms with van der Waals surface area (Å²) in [5.74, 6) is 0.0992. The third kappa shape index (κ3) is 3.84. The van der Waals surface area contributed by atoms with Crippen molar-refractivity contribution in [1.29, 1.82) is 0 Å². The van der Waals surface area contributed by atoms with Crippen LogP contribution in [0.25, 0.3) is 0 Å². The van der Waals surface area contributed by atoms with Gasteiger partial charge in [0.15, 0.2) is 0 Å². The highest BCUT2D eigenvalue weighted by atomic mass is 32.2. The maximum atomic E-state index is 12.6. The summed E-state index contributed by atoms with van der Waals surface area (Å²) in [6.07, 6.45) is 2.57. The molecule has 0 saturated heterocycles. The second-order valence-electron chi connectivity index (χ2n) is 5.23. The van der Waals surface area contributed by atoms with Gasteiger partial charge in [-0.1, -0.05) is 54.6 Å². The summed E-state index contributed by atoms with van der Waals surface area (Å²) in [5.41, 5.74) is 1.12. The minimum absolute atomic E-state index is 0.0992. The molecule has 0 aliphatic heterocycles. The molecule has 4 heteroatoms. The van der Waals surface area contributed by atoms with Crippen molar-refractivity contribution in [3.8, 4) is 0 Å². The molecule has 0 N–H and O–H groups in total. The van der Waals surface area contributed by atoms with Crippen molar-refractivity contribution in [2.75, 3.05) is 13.6 Å². The molecule has 0 aliphatic carbocycles. The summed E-state index contributed by atoms with van der Waals surface area (Å²) in [6, 6.07) is 18.5. The molecule has 0 bridgehead atoms. The molecule has 2 rings (SSSR count). The molecule has 2 aromatic rings. The first kappa shape index (κ1) is 16.5. The first-order valence-corrected chi connectivity index (χ1v) is 8.67. The monoisotopic (exact) mass is 315 g/mol. The van der Waals surface area contributed by atoms with Crippen LogP contribution in [-0.2, 0) is 10.0 Å². The highest BCUT2D eigenvalue weighted by Gasteiger charge is 2.23. The van der Waals surface area contributed by atoms with Gasteiger partial charge >= 0.3 is 0 Å². The quantitative estimate of drug-likeness (QED) is 0.731. The molecule has 3 nitrogen and oxygen atoms in total. The van der Waals surface area contributed by atoms with Crippen LogP contribution in [0.2, 0.25) is 0 Å². The SMILES string of the molecule is C=CC[C@@H](CN(C)S(=O)(=O)c1ccccc1)c1ccccc1. The Morgan fingerprint density at radius 3 is 2.14 bits per heavy atom. The topological polar surface area (TPSA) is 37.4 Å². The van der Waals surface area contributed by atoms with E-state index in [4.69, 9.17) is 0 Å². The Hall–Kier alpha value is -1.91. The zero-order valence-corrected chi connectivity index (χ0v) is 13.5. The molecule has 0 aromatic heterocycles. The second-order valence-corrected chi connectivity index (χ2v) is 7.28. The standard InChI is InChI=1S/C18H21NO2S/c1-3-10-17(16-11-6-4-7-12-16)15-19(2)22(20,21)18-13-8-5-9-14-18/h3-9,11-14,17H,1,10,15H2,2H3/t17-/m0/s1. The number of hydrogen-bond donors (Lipinski definition) is 0. The lowest BCUT2D eigenvalue weighted by Gasteiger charge is -2.23. The average molecular weight is 315 g/mol. The normalized spacial score (nSPS) is 13.0. The van der Waals surface area contributed by atoms with Crippen LogP contribution in [-0.4, -0.2) is 26.3 Å². The lowest BCUT2D eigenvalue weighted by atomic mass is 9.96. The van der Waals surface area contributed by atoms with E-state index in [0.29, 0.717) is 11.4 Å². The maximum Gasteiger partial charge on any atom is 0.242 e. The van der Waals surface area contributed by atoms with Crippen LogP contribution in [0.4, 0.5) is 0 Å². The van der Waals surface area contributed by atoms with E-state index in [1.165, 1.54) is 4.31 Å². The van der Waals surface area contributed by atoms with Gasteiger partial charge in [-0.3, -0.25) is 0 Å². The molecular weight excluding hydrogens is 294 g/mol. The van der Waals surface area contributed by atoms with Gasteiger partial charge in [-0.15, -0.1) is 6.58 Å². The van der Waals surface area contributed by atoms with Gasteiger partial charge in [0.2, 0.25) is 10.0 Å². The maximum absolute atomic E-state index is 12.6. The molecule has 2 aromatic carbocycles. The number of sulfonamides is 1. The Bertz CT molecular complexity index is 696. The van der Waals surface area contributed by atoms with Crippen LogP contribution in [0, 0.1) is 0 Å². The van der Waals surface area contributed by atoms with E-state index in [1.54, 1.807) is 31.3 Å². The summed E-state index contributed by atoms with van der Waals surface area (Å²) in [5, 5.41) is 0. The van der Waals surface area contributed by atoms with Crippen LogP contribution < -0.4 is 0 Å². The minimum Gasteiger partial charge on any atom is -0.207 e. The molecule has 0 amide bonds. The molecule has 0 spiro atoms. The molecule has 0 fully saturated rings. The van der Waals surface area contributed by atoms with E-state index >= 15 is 0 Å². The van der Waals surface area contributed by atoms with Gasteiger partial charge < -0.3 is 0 Å². The van der Waals surface area contributed by atoms with E-state index in [2.05, 4.69) is 6.58 Å². The number of allylic oxidation sites excluding steroid dienone is 1. The third-order valence-corrected chi connectivity index (χ3v) is 5.49. The predicted octanol–water partition coefficient (Wildman–Crippen LogP) is 3.67. The van der Waals surface area contributed by atoms with E-state index in [9.17, 15) is 8.42 Å². The molecule has 0 saturated carbocycles. The van der Waals surface area contributed by atoms with Gasteiger partial charge in [-0.05, 0) is 24.1 Å². The summed E-state index contributed by atoms with van der Waals surface area (Å²) in [6.45, 7) is 4.21. The smallest absolute Gasteiger partial charge is 0.207 e. The Labute approximate surface area is 133 Å². The zero-order valence-electron chi connectivity index (χ0n) is 12.7. The van der Waals surface area contributed by atoms with Gasteiger partial charge in [0, 0.05) is 19.5 Å². The van der Waals surface area contributed by atoms with Crippen molar-refractivity contribution >= 4 is 10.0 Å². The summed E-state index contributed by atoms with van der Waals surface area (Å²) in [7, 11) is -1.83. The number of hydrogen-bond acceptors (Lipinski definition) is 2. The van der Waals surface area contributed by atoms with Crippen LogP contribution in [0.15, 0.2) is 78.2 Å². The number of likely N-dealkylation sites (N-methyl/N-ethyl adjacent to an activating group) is 1. The fraction of sp³-hybridized carbons (Fsp3) is 0.222. The molecule has 0 unspecified atom stereocenters. The number of benzene rings is 2. The highest BCUT2D eigenvalue weighted by molar-refractivity contribution is 7.89. The molecule has 22 heavy (non-hydrogen) atoms. The van der Waals surface area contributed by atoms with Gasteiger partial charge in [0.05, 0.1) is 4.90 Å². The third-order valence-electron chi connectivity index (χ3n) is 3.65. The van der Waals surface area contributed by atoms with E-state index in [-0.39, 0.29) is 5.92 Å². The predicted molar refractivity (Wildman–Crippen MR) is 90.3 cm³/mol. The number of nitrogens with zero attached hydrogens (tertiary/aromatic N) is 1. The van der Waals surface area contributed by atoms with Crippen molar-refractivity contribution in [1.82, 2.24) is 4.31 Å². The summed E-state index contributed by atoms with van der Waals surface area (Å²) in [4.78, 5) is 0.322. The Balaban J connectivity index is 2.21. The first-order chi connectivity index (χ1) is 10.6. The molecule has 1 atom stereocenters. The van der Waals surface area contributed by atoms with Crippen LogP contribution in [0.5, 0.6) is 0 Å². The first-order valence-electron chi connectivity index (χ1n) is 7.23. The van der Waals surface area contributed by atoms with Crippen molar-refractivity contribution in [3.05, 3.63) is 78.9 Å². The van der Waals surface area contributed by atoms with Crippen LogP contribution in [0.3, 0.4) is 0 Å². The second kappa shape index (κ2) is 7.38. The van der Waals surface area contributed by atoms with E-state index < -0.39 is 10.0 Å². The van der Waals surface area contributed by atoms with Crippen LogP contribution in [0.1, 0.15) is 17.9 Å². The van der Waals surface area contributed by atoms with Crippen molar-refractivity contribution in [2.24, 2.45) is 0 Å². The Kier molecular flexibility index (Phi) is 5.52. The lowest BCUT2D eigenvalue weighted by molar-refractivity contribution is 0.436. The minimum atomic E-state index is -3.46. The fourth-order valence-electron chi connectivity index (χ4n) is 2.42. The summed E-state index contributed by atoms with van der Waals surface area (Å²) >= 11 is 0. The molecular formula is C18H21NO2S. The van der Waals surface area contributed by atoms with E-state index in [1.807, 2.05) is 42.5 Å². The van der Waals surface area contributed by atoms with Crippen molar-refractivity contribution in [2.45, 2.75) is 17.2 Å². The van der Waals surface area contributed by atoms with Gasteiger partial charge in [0.25, 0.3) is 0 Å². The van der Waals surface area contributed by atoms with Gasteiger partial charge in [0.1, 0.15) is 0 Å². The lowest BCUT2D eigenvalue weighted by Crippen LogP contribution is -2.31. The van der Waals surface area contributed by atoms with Gasteiger partial charge in [-0.25, -0.2) is 12.7 Å². The molecule has 0 radical (unpaired) electrons. The largest absolute Gasteiger partial charge is 0.242 e. The Morgan fingerprint density at radius 1 is 1.05 bits per heavy atom. The fourth-order valence-corrected chi connectivity index (χ4v) is 3.66. The Morgan fingerprint density at radius 2 is 1.59 bits per heavy atom. The zero-order chi connectivity index (χ0) is 16.0. The highest BCUT2D eigenvalue weighted by Crippen LogP contribution is 2.23.